The van der Waals surface area contributed by atoms with Crippen molar-refractivity contribution in [2.45, 2.75) is 51.2 Å². The molecule has 36 heavy (non-hydrogen) atoms. The molecule has 2 heterocycles. The van der Waals surface area contributed by atoms with Crippen LogP contribution in [0, 0.1) is 88.1 Å². The maximum atomic E-state index is 8.07. The monoisotopic (exact) mass is 951 g/mol. The molecule has 3 aromatic rings. The van der Waals surface area contributed by atoms with E-state index in [0.29, 0.717) is 5.88 Å². The molecule has 1 saturated heterocycles. The van der Waals surface area contributed by atoms with Gasteiger partial charge in [-0.25, -0.2) is 4.98 Å². The maximum absolute atomic E-state index is 8.07. The minimum atomic E-state index is -0.516. The molecule has 2 aromatic carbocycles. The average Bonchev–Trinajstić information content (AvgIpc) is 3.34. The van der Waals surface area contributed by atoms with Crippen LogP contribution in [0.25, 0.3) is 11.5 Å². The standard InChI is InChI=1S/C17H23N4S.C10H13ClN.2Ac/c1-17(2,18)15-5-3-14(4-6-15)13-20-8-10-21(11-9-20)16-19-7-12-22-16;1-10(2,12)9-5-3-8(7-11)4-6-9;;/h3-7,12,18H,8-11,13H2,1-2H3;3-6,12H,7H2,1-2H3;;/q2*-1;;. The van der Waals surface area contributed by atoms with Crippen molar-refractivity contribution < 1.29 is 88.1 Å². The summed E-state index contributed by atoms with van der Waals surface area (Å²) in [5, 5.41) is 3.18. The van der Waals surface area contributed by atoms with E-state index >= 15 is 0 Å². The van der Waals surface area contributed by atoms with Crippen LogP contribution in [0.5, 0.6) is 0 Å². The number of hydrogen-bond donors (Lipinski definition) is 0. The van der Waals surface area contributed by atoms with Gasteiger partial charge >= 0.3 is 0 Å². The Hall–Kier alpha value is 0.923. The molecule has 0 unspecified atom stereocenters. The molecule has 9 heteroatoms. The first-order chi connectivity index (χ1) is 16.1. The number of nitrogens with one attached hydrogen (secondary N) is 2. The van der Waals surface area contributed by atoms with Crippen LogP contribution >= 0.6 is 22.9 Å². The molecule has 0 spiro atoms. The summed E-state index contributed by atoms with van der Waals surface area (Å²) in [6, 6.07) is 16.4. The van der Waals surface area contributed by atoms with Gasteiger partial charge in [-0.1, -0.05) is 87.4 Å². The number of hydrogen-bond acceptors (Lipinski definition) is 4. The van der Waals surface area contributed by atoms with Crippen molar-refractivity contribution in [2.24, 2.45) is 0 Å². The Labute approximate surface area is 297 Å². The van der Waals surface area contributed by atoms with Crippen molar-refractivity contribution >= 4 is 28.1 Å². The third kappa shape index (κ3) is 11.2. The zero-order valence-electron chi connectivity index (χ0n) is 21.8. The van der Waals surface area contributed by atoms with Crippen LogP contribution < -0.4 is 4.90 Å². The molecule has 1 aliphatic heterocycles. The number of aromatic nitrogens is 1. The summed E-state index contributed by atoms with van der Waals surface area (Å²) < 4.78 is 0. The van der Waals surface area contributed by atoms with Crippen LogP contribution in [0.2, 0.25) is 0 Å². The first-order valence-corrected chi connectivity index (χ1v) is 13.1. The molecule has 1 fully saturated rings. The van der Waals surface area contributed by atoms with Gasteiger partial charge in [-0.15, -0.1) is 34.0 Å². The fraction of sp³-hybridized carbons (Fsp3) is 0.444. The van der Waals surface area contributed by atoms with E-state index in [-0.39, 0.29) is 88.1 Å². The predicted octanol–water partition coefficient (Wildman–Crippen LogP) is 7.47. The van der Waals surface area contributed by atoms with Crippen LogP contribution in [0.4, 0.5) is 5.13 Å². The predicted molar refractivity (Wildman–Crippen MR) is 147 cm³/mol. The molecule has 1 aliphatic rings. The van der Waals surface area contributed by atoms with Gasteiger partial charge in [0.15, 0.2) is 5.13 Å². The third-order valence-electron chi connectivity index (χ3n) is 5.97. The smallest absolute Gasteiger partial charge is 0.185 e. The summed E-state index contributed by atoms with van der Waals surface area (Å²) >= 11 is 7.36. The van der Waals surface area contributed by atoms with Gasteiger partial charge in [0.25, 0.3) is 0 Å². The van der Waals surface area contributed by atoms with Crippen molar-refractivity contribution in [3.63, 3.8) is 0 Å². The summed E-state index contributed by atoms with van der Waals surface area (Å²) in [6.45, 7) is 12.8. The normalized spacial score (nSPS) is 14.2. The minimum absolute atomic E-state index is 0. The van der Waals surface area contributed by atoms with Gasteiger partial charge in [0.05, 0.1) is 0 Å². The number of thiazole rings is 1. The molecule has 0 bridgehead atoms. The number of anilines is 1. The van der Waals surface area contributed by atoms with Crippen molar-refractivity contribution in [3.05, 3.63) is 93.8 Å². The fourth-order valence-corrected chi connectivity index (χ4v) is 4.64. The summed E-state index contributed by atoms with van der Waals surface area (Å²) in [7, 11) is 0. The van der Waals surface area contributed by atoms with Crippen LogP contribution in [0.1, 0.15) is 49.9 Å². The molecular formula is C27H36Ac2ClN5S-2. The second-order valence-corrected chi connectivity index (χ2v) is 11.0. The number of rotatable bonds is 6. The molecule has 0 aliphatic carbocycles. The van der Waals surface area contributed by atoms with E-state index in [1.54, 1.807) is 11.3 Å². The Morgan fingerprint density at radius 3 is 1.67 bits per heavy atom. The third-order valence-corrected chi connectivity index (χ3v) is 7.11. The molecule has 1 aromatic heterocycles. The molecule has 190 valence electrons. The molecule has 0 saturated carbocycles. The topological polar surface area (TPSA) is 67.0 Å². The number of alkyl halides is 1. The van der Waals surface area contributed by atoms with E-state index < -0.39 is 11.1 Å². The summed E-state index contributed by atoms with van der Waals surface area (Å²) in [5.41, 5.74) is 19.3. The van der Waals surface area contributed by atoms with Gasteiger partial charge in [-0.2, -0.15) is 0 Å². The van der Waals surface area contributed by atoms with Crippen LogP contribution in [-0.2, 0) is 23.5 Å². The Morgan fingerprint density at radius 2 is 1.28 bits per heavy atom. The second-order valence-electron chi connectivity index (χ2n) is 9.86. The zero-order chi connectivity index (χ0) is 24.8. The molecule has 4 rings (SSSR count). The average molecular weight is 952 g/mol. The largest absolute Gasteiger partial charge is 0.669 e. The molecule has 0 amide bonds. The summed E-state index contributed by atoms with van der Waals surface area (Å²) in [5.74, 6) is 0.540. The van der Waals surface area contributed by atoms with Crippen LogP contribution in [-0.4, -0.2) is 36.1 Å². The second kappa shape index (κ2) is 16.3. The summed E-state index contributed by atoms with van der Waals surface area (Å²) in [4.78, 5) is 9.25. The Kier molecular flexibility index (Phi) is 15.8. The zero-order valence-corrected chi connectivity index (χ0v) is 32.9. The van der Waals surface area contributed by atoms with Gasteiger partial charge in [0, 0.05) is 138 Å². The molecule has 2 radical (unpaired) electrons. The first kappa shape index (κ1) is 35.0. The minimum Gasteiger partial charge on any atom is -0.669 e. The van der Waals surface area contributed by atoms with Crippen LogP contribution in [0.15, 0.2) is 60.1 Å². The SMILES string of the molecule is CC(C)([NH-])c1ccc(CCl)cc1.CC(C)([NH-])c1ccc(CN2CCN(c3nccs3)CC2)cc1.[Ac].[Ac]. The number of benzene rings is 2. The number of piperazine rings is 1. The van der Waals surface area contributed by atoms with Crippen LogP contribution in [0.3, 0.4) is 0 Å². The van der Waals surface area contributed by atoms with E-state index in [1.807, 2.05) is 63.5 Å². The Balaban J connectivity index is 0.000000399. The molecule has 5 nitrogen and oxygen atoms in total. The fourth-order valence-electron chi connectivity index (χ4n) is 3.76. The molecule has 0 atom stereocenters. The van der Waals surface area contributed by atoms with E-state index in [0.717, 1.165) is 54.5 Å². The first-order valence-electron chi connectivity index (χ1n) is 11.7. The van der Waals surface area contributed by atoms with Crippen molar-refractivity contribution in [1.82, 2.24) is 9.88 Å². The summed E-state index contributed by atoms with van der Waals surface area (Å²) in [6.07, 6.45) is 1.88. The molecular weight excluding hydrogens is 916 g/mol. The van der Waals surface area contributed by atoms with Gasteiger partial charge < -0.3 is 16.4 Å². The van der Waals surface area contributed by atoms with Gasteiger partial charge in [0.2, 0.25) is 0 Å². The Bertz CT molecular complexity index is 993. The van der Waals surface area contributed by atoms with Crippen molar-refractivity contribution in [1.29, 1.82) is 0 Å². The number of nitrogens with zero attached hydrogens (tertiary/aromatic N) is 3. The Morgan fingerprint density at radius 1 is 0.806 bits per heavy atom. The quantitative estimate of drug-likeness (QED) is 0.241. The van der Waals surface area contributed by atoms with E-state index in [4.69, 9.17) is 23.1 Å². The van der Waals surface area contributed by atoms with Crippen molar-refractivity contribution in [2.75, 3.05) is 31.1 Å². The maximum Gasteiger partial charge on any atom is 0.185 e. The van der Waals surface area contributed by atoms with Gasteiger partial charge in [0.1, 0.15) is 0 Å². The molecule has 2 N–H and O–H groups in total. The van der Waals surface area contributed by atoms with E-state index in [9.17, 15) is 0 Å². The van der Waals surface area contributed by atoms with Gasteiger partial charge in [-0.3, -0.25) is 4.90 Å². The number of halogens is 1. The van der Waals surface area contributed by atoms with Crippen molar-refractivity contribution in [3.8, 4) is 0 Å². The van der Waals surface area contributed by atoms with E-state index in [2.05, 4.69) is 39.0 Å². The van der Waals surface area contributed by atoms with Gasteiger partial charge in [-0.05, 0) is 11.1 Å². The van der Waals surface area contributed by atoms with E-state index in [1.165, 1.54) is 5.56 Å².